The summed E-state index contributed by atoms with van der Waals surface area (Å²) in [6, 6.07) is 13.2. The van der Waals surface area contributed by atoms with E-state index in [1.165, 1.54) is 22.2 Å². The molecule has 25 heavy (non-hydrogen) atoms. The summed E-state index contributed by atoms with van der Waals surface area (Å²) >= 11 is 12.1. The fraction of sp³-hybridized carbons (Fsp3) is 0.211. The largest absolute Gasteiger partial charge is 0.347 e. The van der Waals surface area contributed by atoms with Gasteiger partial charge in [0.15, 0.2) is 0 Å². The lowest BCUT2D eigenvalue weighted by Crippen LogP contribution is -2.39. The third kappa shape index (κ3) is 2.86. The predicted molar refractivity (Wildman–Crippen MR) is 103 cm³/mol. The number of fused-ring (bicyclic) bond motifs is 3. The molecule has 2 heterocycles. The summed E-state index contributed by atoms with van der Waals surface area (Å²) in [6.07, 6.45) is 0.836. The molecule has 0 fully saturated rings. The lowest BCUT2D eigenvalue weighted by atomic mass is 10.0. The van der Waals surface area contributed by atoms with Crippen molar-refractivity contribution in [3.05, 3.63) is 63.8 Å². The normalized spacial score (nSPS) is 13.8. The van der Waals surface area contributed by atoms with Gasteiger partial charge in [0.1, 0.15) is 0 Å². The maximum atomic E-state index is 12.7. The van der Waals surface area contributed by atoms with Crippen molar-refractivity contribution in [2.24, 2.45) is 7.05 Å². The Labute approximate surface area is 155 Å². The highest BCUT2D eigenvalue weighted by Gasteiger charge is 2.25. The number of carbonyl (C=O) groups excluding carboxylic acids is 1. The van der Waals surface area contributed by atoms with E-state index in [0.29, 0.717) is 28.8 Å². The molecule has 2 amide bonds. The number of nitrogens with one attached hydrogen (secondary N) is 1. The Morgan fingerprint density at radius 3 is 2.76 bits per heavy atom. The van der Waals surface area contributed by atoms with E-state index in [2.05, 4.69) is 29.1 Å². The molecule has 1 aliphatic heterocycles. The minimum absolute atomic E-state index is 0.150. The first kappa shape index (κ1) is 16.3. The molecule has 128 valence electrons. The van der Waals surface area contributed by atoms with Gasteiger partial charge in [0, 0.05) is 53.7 Å². The average molecular weight is 374 g/mol. The topological polar surface area (TPSA) is 37.3 Å². The number of halogens is 2. The molecule has 4 rings (SSSR count). The fourth-order valence-electron chi connectivity index (χ4n) is 3.49. The van der Waals surface area contributed by atoms with E-state index in [1.807, 2.05) is 17.0 Å². The molecular weight excluding hydrogens is 357 g/mol. The van der Waals surface area contributed by atoms with Gasteiger partial charge in [-0.15, -0.1) is 0 Å². The third-order valence-corrected chi connectivity index (χ3v) is 5.32. The van der Waals surface area contributed by atoms with E-state index >= 15 is 0 Å². The van der Waals surface area contributed by atoms with Crippen LogP contribution < -0.4 is 5.32 Å². The van der Waals surface area contributed by atoms with Gasteiger partial charge in [-0.25, -0.2) is 4.79 Å². The zero-order valence-electron chi connectivity index (χ0n) is 13.7. The fourth-order valence-corrected chi connectivity index (χ4v) is 3.94. The molecule has 0 saturated heterocycles. The van der Waals surface area contributed by atoms with Crippen LogP contribution in [0.4, 0.5) is 10.5 Å². The van der Waals surface area contributed by atoms with E-state index in [1.54, 1.807) is 18.2 Å². The number of hydrogen-bond acceptors (Lipinski definition) is 1. The van der Waals surface area contributed by atoms with Crippen LogP contribution in [0, 0.1) is 0 Å². The first-order valence-electron chi connectivity index (χ1n) is 8.11. The Morgan fingerprint density at radius 2 is 1.96 bits per heavy atom. The third-order valence-electron chi connectivity index (χ3n) is 4.77. The van der Waals surface area contributed by atoms with Crippen molar-refractivity contribution >= 4 is 45.8 Å². The average Bonchev–Trinajstić information content (AvgIpc) is 2.90. The van der Waals surface area contributed by atoms with E-state index in [4.69, 9.17) is 23.2 Å². The zero-order valence-corrected chi connectivity index (χ0v) is 15.2. The van der Waals surface area contributed by atoms with E-state index in [-0.39, 0.29) is 6.03 Å². The van der Waals surface area contributed by atoms with Crippen LogP contribution in [0.25, 0.3) is 10.9 Å². The van der Waals surface area contributed by atoms with Crippen molar-refractivity contribution in [3.63, 3.8) is 0 Å². The molecule has 0 bridgehead atoms. The summed E-state index contributed by atoms with van der Waals surface area (Å²) in [5.41, 5.74) is 4.30. The van der Waals surface area contributed by atoms with Crippen molar-refractivity contribution < 1.29 is 4.79 Å². The molecule has 4 nitrogen and oxygen atoms in total. The molecule has 0 aliphatic carbocycles. The second kappa shape index (κ2) is 6.28. The zero-order chi connectivity index (χ0) is 17.6. The molecule has 3 aromatic rings. The van der Waals surface area contributed by atoms with Gasteiger partial charge < -0.3 is 14.8 Å². The second-order valence-corrected chi connectivity index (χ2v) is 7.07. The molecule has 0 radical (unpaired) electrons. The Bertz CT molecular complexity index is 980. The highest BCUT2D eigenvalue weighted by Crippen LogP contribution is 2.31. The Balaban J connectivity index is 1.60. The lowest BCUT2D eigenvalue weighted by Gasteiger charge is -2.28. The molecule has 0 spiro atoms. The quantitative estimate of drug-likeness (QED) is 0.634. The van der Waals surface area contributed by atoms with E-state index < -0.39 is 0 Å². The number of hydrogen-bond donors (Lipinski definition) is 1. The number of amides is 2. The number of aryl methyl sites for hydroxylation is 1. The van der Waals surface area contributed by atoms with Gasteiger partial charge in [0.05, 0.1) is 10.7 Å². The number of urea groups is 1. The predicted octanol–water partition coefficient (Wildman–Crippen LogP) is 5.08. The van der Waals surface area contributed by atoms with Crippen molar-refractivity contribution in [1.29, 1.82) is 0 Å². The van der Waals surface area contributed by atoms with Gasteiger partial charge in [-0.2, -0.15) is 0 Å². The first-order valence-corrected chi connectivity index (χ1v) is 8.86. The lowest BCUT2D eigenvalue weighted by molar-refractivity contribution is 0.206. The van der Waals surface area contributed by atoms with Gasteiger partial charge in [0.25, 0.3) is 0 Å². The molecule has 6 heteroatoms. The summed E-state index contributed by atoms with van der Waals surface area (Å²) in [5, 5.41) is 5.07. The Hall–Kier alpha value is -2.17. The summed E-state index contributed by atoms with van der Waals surface area (Å²) in [7, 11) is 2.09. The standard InChI is InChI=1S/C19H17Cl2N3O/c1-23-17-5-3-2-4-13(17)14-11-24(9-8-18(14)23)19(25)22-16-7-6-12(20)10-15(16)21/h2-7,10H,8-9,11H2,1H3,(H,22,25). The molecule has 1 aromatic heterocycles. The number of para-hydroxylation sites is 1. The monoisotopic (exact) mass is 373 g/mol. The van der Waals surface area contributed by atoms with E-state index in [9.17, 15) is 4.79 Å². The molecular formula is C19H17Cl2N3O. The SMILES string of the molecule is Cn1c2c(c3ccccc31)CN(C(=O)Nc1ccc(Cl)cc1Cl)CC2. The van der Waals surface area contributed by atoms with Crippen molar-refractivity contribution in [3.8, 4) is 0 Å². The van der Waals surface area contributed by atoms with Gasteiger partial charge in [-0.1, -0.05) is 41.4 Å². The van der Waals surface area contributed by atoms with Crippen LogP contribution >= 0.6 is 23.2 Å². The van der Waals surface area contributed by atoms with Gasteiger partial charge >= 0.3 is 6.03 Å². The van der Waals surface area contributed by atoms with Crippen LogP contribution in [0.3, 0.4) is 0 Å². The highest BCUT2D eigenvalue weighted by molar-refractivity contribution is 6.36. The maximum Gasteiger partial charge on any atom is 0.322 e. The van der Waals surface area contributed by atoms with Crippen molar-refractivity contribution in [1.82, 2.24) is 9.47 Å². The van der Waals surface area contributed by atoms with Crippen LogP contribution in [0.1, 0.15) is 11.3 Å². The first-order chi connectivity index (χ1) is 12.0. The molecule has 0 saturated carbocycles. The number of benzene rings is 2. The van der Waals surface area contributed by atoms with Crippen LogP contribution in [0.15, 0.2) is 42.5 Å². The Kier molecular flexibility index (Phi) is 4.10. The van der Waals surface area contributed by atoms with Crippen LogP contribution in [-0.2, 0) is 20.0 Å². The number of carbonyl (C=O) groups is 1. The van der Waals surface area contributed by atoms with E-state index in [0.717, 1.165) is 6.42 Å². The maximum absolute atomic E-state index is 12.7. The number of aromatic nitrogens is 1. The molecule has 0 unspecified atom stereocenters. The highest BCUT2D eigenvalue weighted by atomic mass is 35.5. The second-order valence-electron chi connectivity index (χ2n) is 6.23. The smallest absolute Gasteiger partial charge is 0.322 e. The van der Waals surface area contributed by atoms with Crippen LogP contribution in [0.2, 0.25) is 10.0 Å². The summed E-state index contributed by atoms with van der Waals surface area (Å²) in [5.74, 6) is 0. The molecule has 2 aromatic carbocycles. The summed E-state index contributed by atoms with van der Waals surface area (Å²) < 4.78 is 2.23. The van der Waals surface area contributed by atoms with Gasteiger partial charge in [-0.3, -0.25) is 0 Å². The molecule has 0 atom stereocenters. The summed E-state index contributed by atoms with van der Waals surface area (Å²) in [6.45, 7) is 1.27. The van der Waals surface area contributed by atoms with Crippen molar-refractivity contribution in [2.75, 3.05) is 11.9 Å². The minimum Gasteiger partial charge on any atom is -0.347 e. The minimum atomic E-state index is -0.150. The molecule has 1 N–H and O–H groups in total. The summed E-state index contributed by atoms with van der Waals surface area (Å²) in [4.78, 5) is 14.5. The molecule has 1 aliphatic rings. The Morgan fingerprint density at radius 1 is 1.16 bits per heavy atom. The number of nitrogens with zero attached hydrogens (tertiary/aromatic N) is 2. The van der Waals surface area contributed by atoms with Crippen LogP contribution in [0.5, 0.6) is 0 Å². The van der Waals surface area contributed by atoms with Crippen molar-refractivity contribution in [2.45, 2.75) is 13.0 Å². The van der Waals surface area contributed by atoms with Gasteiger partial charge in [0.2, 0.25) is 0 Å². The number of anilines is 1. The van der Waals surface area contributed by atoms with Gasteiger partial charge in [-0.05, 0) is 24.3 Å². The number of rotatable bonds is 1. The van der Waals surface area contributed by atoms with Crippen LogP contribution in [-0.4, -0.2) is 22.0 Å².